The van der Waals surface area contributed by atoms with E-state index in [-0.39, 0.29) is 17.9 Å². The van der Waals surface area contributed by atoms with Gasteiger partial charge in [0.25, 0.3) is 5.91 Å². The van der Waals surface area contributed by atoms with Crippen molar-refractivity contribution in [2.24, 2.45) is 0 Å². The van der Waals surface area contributed by atoms with Crippen molar-refractivity contribution in [3.8, 4) is 0 Å². The highest BCUT2D eigenvalue weighted by atomic mass is 16.5. The summed E-state index contributed by atoms with van der Waals surface area (Å²) in [6, 6.07) is 3.83. The molecule has 1 saturated heterocycles. The predicted octanol–water partition coefficient (Wildman–Crippen LogP) is 2.56. The SMILES string of the molecule is Cc1noc(C)c1CN1CCC(NC(=O)c2cn3cccc(C)c3n2)CCC1=O. The molecular formula is C21H25N5O3. The van der Waals surface area contributed by atoms with E-state index in [2.05, 4.69) is 15.5 Å². The van der Waals surface area contributed by atoms with Crippen LogP contribution in [0, 0.1) is 20.8 Å². The van der Waals surface area contributed by atoms with Crippen LogP contribution in [0.4, 0.5) is 0 Å². The van der Waals surface area contributed by atoms with E-state index >= 15 is 0 Å². The van der Waals surface area contributed by atoms with Gasteiger partial charge in [-0.05, 0) is 45.2 Å². The van der Waals surface area contributed by atoms with E-state index in [9.17, 15) is 9.59 Å². The average Bonchev–Trinajstić information content (AvgIpc) is 3.22. The van der Waals surface area contributed by atoms with Gasteiger partial charge in [-0.15, -0.1) is 0 Å². The number of nitrogens with one attached hydrogen (secondary N) is 1. The third-order valence-corrected chi connectivity index (χ3v) is 5.58. The molecule has 1 unspecified atom stereocenters. The average molecular weight is 395 g/mol. The summed E-state index contributed by atoms with van der Waals surface area (Å²) in [5.41, 5.74) is 3.95. The number of hydrogen-bond donors (Lipinski definition) is 1. The van der Waals surface area contributed by atoms with E-state index in [0.29, 0.717) is 38.0 Å². The van der Waals surface area contributed by atoms with Gasteiger partial charge in [-0.25, -0.2) is 4.98 Å². The Kier molecular flexibility index (Phi) is 5.08. The van der Waals surface area contributed by atoms with Crippen molar-refractivity contribution in [2.75, 3.05) is 6.54 Å². The molecule has 2 amide bonds. The molecule has 1 fully saturated rings. The molecular weight excluding hydrogens is 370 g/mol. The van der Waals surface area contributed by atoms with Crippen molar-refractivity contribution < 1.29 is 14.1 Å². The number of rotatable bonds is 4. The number of pyridine rings is 1. The van der Waals surface area contributed by atoms with E-state index in [0.717, 1.165) is 28.2 Å². The Bertz CT molecular complexity index is 1050. The second kappa shape index (κ2) is 7.69. The fourth-order valence-corrected chi connectivity index (χ4v) is 3.79. The third-order valence-electron chi connectivity index (χ3n) is 5.58. The van der Waals surface area contributed by atoms with Crippen molar-refractivity contribution in [3.05, 3.63) is 52.8 Å². The Morgan fingerprint density at radius 1 is 1.31 bits per heavy atom. The highest BCUT2D eigenvalue weighted by Crippen LogP contribution is 2.20. The van der Waals surface area contributed by atoms with Crippen molar-refractivity contribution in [2.45, 2.75) is 52.6 Å². The minimum atomic E-state index is -0.204. The van der Waals surface area contributed by atoms with Crippen LogP contribution in [0.3, 0.4) is 0 Å². The highest BCUT2D eigenvalue weighted by Gasteiger charge is 2.26. The van der Waals surface area contributed by atoms with Gasteiger partial charge in [0.05, 0.1) is 12.2 Å². The summed E-state index contributed by atoms with van der Waals surface area (Å²) in [5.74, 6) is 0.626. The molecule has 0 spiro atoms. The number of carbonyl (C=O) groups is 2. The summed E-state index contributed by atoms with van der Waals surface area (Å²) in [6.45, 7) is 6.78. The molecule has 8 heteroatoms. The van der Waals surface area contributed by atoms with Gasteiger partial charge < -0.3 is 19.1 Å². The van der Waals surface area contributed by atoms with Gasteiger partial charge in [-0.2, -0.15) is 0 Å². The quantitative estimate of drug-likeness (QED) is 0.733. The smallest absolute Gasteiger partial charge is 0.271 e. The zero-order valence-corrected chi connectivity index (χ0v) is 16.9. The normalized spacial score (nSPS) is 17.6. The Morgan fingerprint density at radius 2 is 2.14 bits per heavy atom. The van der Waals surface area contributed by atoms with Gasteiger partial charge in [0.2, 0.25) is 5.91 Å². The van der Waals surface area contributed by atoms with Crippen LogP contribution < -0.4 is 5.32 Å². The summed E-state index contributed by atoms with van der Waals surface area (Å²) in [5, 5.41) is 7.02. The van der Waals surface area contributed by atoms with E-state index < -0.39 is 0 Å². The Morgan fingerprint density at radius 3 is 2.86 bits per heavy atom. The number of aryl methyl sites for hydroxylation is 3. The number of carbonyl (C=O) groups excluding carboxylic acids is 2. The number of aromatic nitrogens is 3. The molecule has 1 aliphatic rings. The number of likely N-dealkylation sites (tertiary alicyclic amines) is 1. The van der Waals surface area contributed by atoms with Gasteiger partial charge in [0, 0.05) is 37.0 Å². The van der Waals surface area contributed by atoms with E-state index in [1.54, 1.807) is 6.20 Å². The fourth-order valence-electron chi connectivity index (χ4n) is 3.79. The standard InChI is InChI=1S/C21H25N5O3/c1-13-5-4-9-26-12-18(23-20(13)26)21(28)22-16-6-7-19(27)25(10-8-16)11-17-14(2)24-29-15(17)3/h4-5,9,12,16H,6-8,10-11H2,1-3H3,(H,22,28). The molecule has 8 nitrogen and oxygen atoms in total. The van der Waals surface area contributed by atoms with Crippen molar-refractivity contribution in [3.63, 3.8) is 0 Å². The molecule has 0 radical (unpaired) electrons. The minimum absolute atomic E-state index is 0.0629. The van der Waals surface area contributed by atoms with Crippen LogP contribution in [0.2, 0.25) is 0 Å². The number of amides is 2. The summed E-state index contributed by atoms with van der Waals surface area (Å²) in [7, 11) is 0. The Balaban J connectivity index is 1.42. The lowest BCUT2D eigenvalue weighted by molar-refractivity contribution is -0.131. The maximum Gasteiger partial charge on any atom is 0.271 e. The van der Waals surface area contributed by atoms with Crippen LogP contribution in [-0.2, 0) is 11.3 Å². The zero-order valence-electron chi connectivity index (χ0n) is 16.9. The molecule has 152 valence electrons. The molecule has 1 aliphatic heterocycles. The lowest BCUT2D eigenvalue weighted by atomic mass is 10.1. The van der Waals surface area contributed by atoms with Crippen LogP contribution >= 0.6 is 0 Å². The number of hydrogen-bond acceptors (Lipinski definition) is 5. The van der Waals surface area contributed by atoms with Gasteiger partial charge in [0.15, 0.2) is 0 Å². The van der Waals surface area contributed by atoms with Crippen molar-refractivity contribution in [1.82, 2.24) is 24.8 Å². The minimum Gasteiger partial charge on any atom is -0.361 e. The summed E-state index contributed by atoms with van der Waals surface area (Å²) >= 11 is 0. The van der Waals surface area contributed by atoms with Crippen molar-refractivity contribution >= 4 is 17.5 Å². The summed E-state index contributed by atoms with van der Waals surface area (Å²) in [4.78, 5) is 31.6. The predicted molar refractivity (Wildman–Crippen MR) is 106 cm³/mol. The first-order chi connectivity index (χ1) is 13.9. The number of imidazole rings is 1. The second-order valence-corrected chi connectivity index (χ2v) is 7.66. The second-order valence-electron chi connectivity index (χ2n) is 7.66. The fraction of sp³-hybridized carbons (Fsp3) is 0.429. The molecule has 0 saturated carbocycles. The zero-order chi connectivity index (χ0) is 20.5. The highest BCUT2D eigenvalue weighted by molar-refractivity contribution is 5.93. The Hall–Kier alpha value is -3.16. The first-order valence-electron chi connectivity index (χ1n) is 9.87. The van der Waals surface area contributed by atoms with Crippen LogP contribution in [-0.4, -0.2) is 43.8 Å². The van der Waals surface area contributed by atoms with Gasteiger partial charge in [-0.3, -0.25) is 9.59 Å². The largest absolute Gasteiger partial charge is 0.361 e. The molecule has 3 aromatic heterocycles. The third kappa shape index (κ3) is 3.87. The maximum absolute atomic E-state index is 12.7. The molecule has 4 heterocycles. The molecule has 3 aromatic rings. The lowest BCUT2D eigenvalue weighted by Gasteiger charge is -2.21. The number of fused-ring (bicyclic) bond motifs is 1. The lowest BCUT2D eigenvalue weighted by Crippen LogP contribution is -2.36. The Labute approximate surface area is 168 Å². The van der Waals surface area contributed by atoms with E-state index in [4.69, 9.17) is 4.52 Å². The molecule has 0 aliphatic carbocycles. The molecule has 1 atom stereocenters. The van der Waals surface area contributed by atoms with E-state index in [1.807, 2.05) is 48.4 Å². The van der Waals surface area contributed by atoms with Crippen LogP contribution in [0.1, 0.15) is 52.3 Å². The molecule has 29 heavy (non-hydrogen) atoms. The topological polar surface area (TPSA) is 92.7 Å². The van der Waals surface area contributed by atoms with Crippen LogP contribution in [0.5, 0.6) is 0 Å². The molecule has 0 bridgehead atoms. The molecule has 4 rings (SSSR count). The van der Waals surface area contributed by atoms with Crippen molar-refractivity contribution in [1.29, 1.82) is 0 Å². The van der Waals surface area contributed by atoms with Gasteiger partial charge >= 0.3 is 0 Å². The summed E-state index contributed by atoms with van der Waals surface area (Å²) in [6.07, 6.45) is 5.34. The first-order valence-corrected chi connectivity index (χ1v) is 9.87. The van der Waals surface area contributed by atoms with E-state index in [1.165, 1.54) is 0 Å². The number of nitrogens with zero attached hydrogens (tertiary/aromatic N) is 4. The maximum atomic E-state index is 12.7. The van der Waals surface area contributed by atoms with Gasteiger partial charge in [0.1, 0.15) is 17.1 Å². The van der Waals surface area contributed by atoms with Crippen LogP contribution in [0.15, 0.2) is 29.0 Å². The molecule has 1 N–H and O–H groups in total. The van der Waals surface area contributed by atoms with Gasteiger partial charge in [-0.1, -0.05) is 11.2 Å². The molecule has 0 aromatic carbocycles. The summed E-state index contributed by atoms with van der Waals surface area (Å²) < 4.78 is 7.06. The van der Waals surface area contributed by atoms with Crippen LogP contribution in [0.25, 0.3) is 5.65 Å². The monoisotopic (exact) mass is 395 g/mol. The first kappa shape index (κ1) is 19.2.